The third-order valence-electron chi connectivity index (χ3n) is 3.42. The lowest BCUT2D eigenvalue weighted by atomic mass is 9.98. The van der Waals surface area contributed by atoms with Gasteiger partial charge >= 0.3 is 5.97 Å². The number of carboxylic acids is 1. The van der Waals surface area contributed by atoms with E-state index >= 15 is 0 Å². The molecule has 0 unspecified atom stereocenters. The molecule has 0 aliphatic carbocycles. The van der Waals surface area contributed by atoms with Gasteiger partial charge in [-0.1, -0.05) is 18.2 Å². The van der Waals surface area contributed by atoms with Crippen molar-refractivity contribution in [2.75, 3.05) is 6.54 Å². The summed E-state index contributed by atoms with van der Waals surface area (Å²) in [4.78, 5) is 17.8. The molecule has 1 saturated heterocycles. The summed E-state index contributed by atoms with van der Waals surface area (Å²) < 4.78 is 0. The average Bonchev–Trinajstić information content (AvgIpc) is 2.76. The van der Waals surface area contributed by atoms with Gasteiger partial charge in [0, 0.05) is 18.5 Å². The van der Waals surface area contributed by atoms with E-state index in [9.17, 15) is 4.79 Å². The summed E-state index contributed by atoms with van der Waals surface area (Å²) in [5.74, 6) is 0.299. The lowest BCUT2D eigenvalue weighted by Gasteiger charge is -2.33. The number of aliphatic carboxylic acids is 1. The Hall–Kier alpha value is -1.84. The molecule has 2 aliphatic heterocycles. The highest BCUT2D eigenvalue weighted by atomic mass is 16.4. The Balaban J connectivity index is 2.06. The second-order valence-corrected chi connectivity index (χ2v) is 4.50. The molecule has 2 aliphatic rings. The van der Waals surface area contributed by atoms with Crippen LogP contribution in [0.5, 0.6) is 0 Å². The Morgan fingerprint density at radius 1 is 1.47 bits per heavy atom. The highest BCUT2D eigenvalue weighted by Gasteiger charge is 2.33. The summed E-state index contributed by atoms with van der Waals surface area (Å²) in [7, 11) is 0. The van der Waals surface area contributed by atoms with Crippen LogP contribution in [-0.4, -0.2) is 28.4 Å². The monoisotopic (exact) mass is 230 g/mol. The second kappa shape index (κ2) is 3.87. The number of para-hydroxylation sites is 1. The van der Waals surface area contributed by atoms with Crippen molar-refractivity contribution in [1.82, 2.24) is 4.90 Å². The molecule has 0 bridgehead atoms. The lowest BCUT2D eigenvalue weighted by Crippen LogP contribution is -2.33. The quantitative estimate of drug-likeness (QED) is 0.848. The molecule has 4 nitrogen and oxygen atoms in total. The summed E-state index contributed by atoms with van der Waals surface area (Å²) in [6, 6.07) is 7.81. The third kappa shape index (κ3) is 1.69. The van der Waals surface area contributed by atoms with Crippen molar-refractivity contribution < 1.29 is 9.90 Å². The van der Waals surface area contributed by atoms with E-state index in [2.05, 4.69) is 9.89 Å². The molecule has 0 radical (unpaired) electrons. The minimum Gasteiger partial charge on any atom is -0.481 e. The van der Waals surface area contributed by atoms with Crippen LogP contribution >= 0.6 is 0 Å². The van der Waals surface area contributed by atoms with E-state index < -0.39 is 5.97 Å². The van der Waals surface area contributed by atoms with Crippen molar-refractivity contribution in [1.29, 1.82) is 0 Å². The largest absolute Gasteiger partial charge is 0.481 e. The van der Waals surface area contributed by atoms with Crippen molar-refractivity contribution in [3.8, 4) is 0 Å². The first-order valence-electron chi connectivity index (χ1n) is 5.90. The summed E-state index contributed by atoms with van der Waals surface area (Å²) >= 11 is 0. The number of benzene rings is 1. The maximum atomic E-state index is 11.0. The SMILES string of the molecule is O=C(O)C[C@@H]1c2ccccc2N=C2CCCN21. The Morgan fingerprint density at radius 2 is 2.29 bits per heavy atom. The summed E-state index contributed by atoms with van der Waals surface area (Å²) in [5, 5.41) is 9.04. The summed E-state index contributed by atoms with van der Waals surface area (Å²) in [6.07, 6.45) is 2.18. The van der Waals surface area contributed by atoms with Gasteiger partial charge in [0.1, 0.15) is 5.84 Å². The van der Waals surface area contributed by atoms with Gasteiger partial charge < -0.3 is 10.0 Å². The normalized spacial score (nSPS) is 21.8. The van der Waals surface area contributed by atoms with Gasteiger partial charge in [-0.3, -0.25) is 4.79 Å². The zero-order valence-corrected chi connectivity index (χ0v) is 9.47. The fourth-order valence-corrected chi connectivity index (χ4v) is 2.70. The number of hydrogen-bond donors (Lipinski definition) is 1. The fourth-order valence-electron chi connectivity index (χ4n) is 2.70. The van der Waals surface area contributed by atoms with E-state index in [0.29, 0.717) is 0 Å². The van der Waals surface area contributed by atoms with Crippen LogP contribution in [0.1, 0.15) is 30.9 Å². The number of fused-ring (bicyclic) bond motifs is 2. The van der Waals surface area contributed by atoms with E-state index in [0.717, 1.165) is 36.5 Å². The molecule has 1 fully saturated rings. The minimum atomic E-state index is -0.752. The van der Waals surface area contributed by atoms with Gasteiger partial charge in [-0.05, 0) is 12.5 Å². The molecule has 88 valence electrons. The van der Waals surface area contributed by atoms with Crippen molar-refractivity contribution in [3.63, 3.8) is 0 Å². The number of aliphatic imine (C=N–C) groups is 1. The molecule has 17 heavy (non-hydrogen) atoms. The molecular formula is C13H14N2O2. The molecule has 2 heterocycles. The third-order valence-corrected chi connectivity index (χ3v) is 3.42. The zero-order chi connectivity index (χ0) is 11.8. The van der Waals surface area contributed by atoms with Gasteiger partial charge in [-0.15, -0.1) is 0 Å². The van der Waals surface area contributed by atoms with Crippen LogP contribution < -0.4 is 0 Å². The number of nitrogens with zero attached hydrogens (tertiary/aromatic N) is 2. The fraction of sp³-hybridized carbons (Fsp3) is 0.385. The molecule has 0 spiro atoms. The van der Waals surface area contributed by atoms with Crippen molar-refractivity contribution >= 4 is 17.5 Å². The Morgan fingerprint density at radius 3 is 3.12 bits per heavy atom. The van der Waals surface area contributed by atoms with Gasteiger partial charge in [0.2, 0.25) is 0 Å². The number of amidine groups is 1. The number of carbonyl (C=O) groups is 1. The molecule has 0 saturated carbocycles. The maximum absolute atomic E-state index is 11.0. The lowest BCUT2D eigenvalue weighted by molar-refractivity contribution is -0.138. The van der Waals surface area contributed by atoms with Crippen molar-refractivity contribution in [3.05, 3.63) is 29.8 Å². The molecule has 1 aromatic carbocycles. The Bertz CT molecular complexity index is 496. The second-order valence-electron chi connectivity index (χ2n) is 4.50. The standard InChI is InChI=1S/C13H14N2O2/c16-13(17)8-11-9-4-1-2-5-10(9)14-12-6-3-7-15(11)12/h1-2,4-5,11H,3,6-8H2,(H,16,17)/t11-/m1/s1. The van der Waals surface area contributed by atoms with Crippen LogP contribution in [0.2, 0.25) is 0 Å². The van der Waals surface area contributed by atoms with Crippen molar-refractivity contribution in [2.45, 2.75) is 25.3 Å². The summed E-state index contributed by atoms with van der Waals surface area (Å²) in [5.41, 5.74) is 1.98. The van der Waals surface area contributed by atoms with E-state index in [1.165, 1.54) is 0 Å². The van der Waals surface area contributed by atoms with E-state index in [1.54, 1.807) is 0 Å². The van der Waals surface area contributed by atoms with Crippen LogP contribution in [0.15, 0.2) is 29.3 Å². The number of carboxylic acid groups (broad SMARTS) is 1. The van der Waals surface area contributed by atoms with Crippen LogP contribution in [0.4, 0.5) is 5.69 Å². The number of hydrogen-bond acceptors (Lipinski definition) is 3. The topological polar surface area (TPSA) is 52.9 Å². The Labute approximate surface area is 99.6 Å². The van der Waals surface area contributed by atoms with Crippen LogP contribution in [0, 0.1) is 0 Å². The molecule has 1 aromatic rings. The molecule has 0 amide bonds. The van der Waals surface area contributed by atoms with Gasteiger partial charge in [0.15, 0.2) is 0 Å². The molecule has 1 atom stereocenters. The number of rotatable bonds is 2. The predicted octanol–water partition coefficient (Wildman–Crippen LogP) is 2.34. The molecule has 3 rings (SSSR count). The predicted molar refractivity (Wildman–Crippen MR) is 64.5 cm³/mol. The van der Waals surface area contributed by atoms with E-state index in [4.69, 9.17) is 5.11 Å². The highest BCUT2D eigenvalue weighted by Crippen LogP contribution is 2.39. The molecule has 0 aromatic heterocycles. The van der Waals surface area contributed by atoms with Gasteiger partial charge in [0.25, 0.3) is 0 Å². The van der Waals surface area contributed by atoms with Gasteiger partial charge in [-0.2, -0.15) is 0 Å². The van der Waals surface area contributed by atoms with Crippen LogP contribution in [0.25, 0.3) is 0 Å². The molecule has 1 N–H and O–H groups in total. The summed E-state index contributed by atoms with van der Waals surface area (Å²) in [6.45, 7) is 0.922. The first kappa shape index (κ1) is 10.3. The first-order valence-corrected chi connectivity index (χ1v) is 5.90. The average molecular weight is 230 g/mol. The minimum absolute atomic E-state index is 0.0429. The van der Waals surface area contributed by atoms with Crippen LogP contribution in [-0.2, 0) is 4.79 Å². The Kier molecular flexibility index (Phi) is 2.35. The van der Waals surface area contributed by atoms with E-state index in [-0.39, 0.29) is 12.5 Å². The van der Waals surface area contributed by atoms with Gasteiger partial charge in [0.05, 0.1) is 18.2 Å². The van der Waals surface area contributed by atoms with E-state index in [1.807, 2.05) is 24.3 Å². The first-order chi connectivity index (χ1) is 8.25. The van der Waals surface area contributed by atoms with Crippen LogP contribution in [0.3, 0.4) is 0 Å². The van der Waals surface area contributed by atoms with Crippen molar-refractivity contribution in [2.24, 2.45) is 4.99 Å². The molecular weight excluding hydrogens is 216 g/mol. The zero-order valence-electron chi connectivity index (χ0n) is 9.47. The van der Waals surface area contributed by atoms with Gasteiger partial charge in [-0.25, -0.2) is 4.99 Å². The molecule has 4 heteroatoms. The maximum Gasteiger partial charge on any atom is 0.305 e. The smallest absolute Gasteiger partial charge is 0.305 e. The highest BCUT2D eigenvalue weighted by molar-refractivity contribution is 5.90.